The van der Waals surface area contributed by atoms with Crippen LogP contribution in [0.2, 0.25) is 0 Å². The Morgan fingerprint density at radius 3 is 2.44 bits per heavy atom. The third-order valence-electron chi connectivity index (χ3n) is 1.69. The maximum Gasteiger partial charge on any atom is 0.435 e. The van der Waals surface area contributed by atoms with Gasteiger partial charge in [-0.15, -0.1) is 10.2 Å². The van der Waals surface area contributed by atoms with Gasteiger partial charge < -0.3 is 10.4 Å². The van der Waals surface area contributed by atoms with E-state index in [0.717, 1.165) is 12.1 Å². The van der Waals surface area contributed by atoms with Crippen molar-refractivity contribution >= 4 is 11.8 Å². The van der Waals surface area contributed by atoms with E-state index in [2.05, 4.69) is 15.5 Å². The second-order valence-electron chi connectivity index (χ2n) is 3.01. The number of rotatable bonds is 3. The van der Waals surface area contributed by atoms with Gasteiger partial charge in [0.25, 0.3) is 0 Å². The van der Waals surface area contributed by atoms with Gasteiger partial charge in [-0.3, -0.25) is 4.79 Å². The van der Waals surface area contributed by atoms with E-state index in [1.807, 2.05) is 0 Å². The highest BCUT2D eigenvalue weighted by Gasteiger charge is 2.32. The van der Waals surface area contributed by atoms with Gasteiger partial charge in [0.15, 0.2) is 5.69 Å². The van der Waals surface area contributed by atoms with Crippen molar-refractivity contribution in [3.63, 3.8) is 0 Å². The number of carboxylic acids is 1. The van der Waals surface area contributed by atoms with Crippen LogP contribution in [0.15, 0.2) is 12.1 Å². The summed E-state index contributed by atoms with van der Waals surface area (Å²) >= 11 is 0. The lowest BCUT2D eigenvalue weighted by molar-refractivity contribution is -0.142. The summed E-state index contributed by atoms with van der Waals surface area (Å²) in [5, 5.41) is 17.1. The maximum absolute atomic E-state index is 12.1. The van der Waals surface area contributed by atoms with Gasteiger partial charge in [-0.25, -0.2) is 0 Å². The van der Waals surface area contributed by atoms with Crippen molar-refractivity contribution in [3.8, 4) is 0 Å². The zero-order valence-corrected chi connectivity index (χ0v) is 8.12. The highest BCUT2D eigenvalue weighted by molar-refractivity contribution is 5.76. The van der Waals surface area contributed by atoms with Gasteiger partial charge in [0, 0.05) is 0 Å². The van der Waals surface area contributed by atoms with Crippen LogP contribution in [0, 0.1) is 0 Å². The monoisotopic (exact) mass is 235 g/mol. The number of anilines is 1. The Labute approximate surface area is 88.3 Å². The summed E-state index contributed by atoms with van der Waals surface area (Å²) < 4.78 is 36.3. The van der Waals surface area contributed by atoms with E-state index in [1.165, 1.54) is 6.92 Å². The first-order chi connectivity index (χ1) is 7.30. The summed E-state index contributed by atoms with van der Waals surface area (Å²) in [7, 11) is 0. The van der Waals surface area contributed by atoms with Crippen molar-refractivity contribution in [3.05, 3.63) is 17.8 Å². The zero-order chi connectivity index (χ0) is 12.3. The highest BCUT2D eigenvalue weighted by Crippen LogP contribution is 2.27. The molecule has 0 saturated heterocycles. The summed E-state index contributed by atoms with van der Waals surface area (Å²) in [5.74, 6) is -1.16. The molecule has 0 aliphatic heterocycles. The maximum atomic E-state index is 12.1. The topological polar surface area (TPSA) is 75.1 Å². The number of carboxylic acid groups (broad SMARTS) is 1. The van der Waals surface area contributed by atoms with Crippen molar-refractivity contribution in [1.82, 2.24) is 10.2 Å². The standard InChI is InChI=1S/C8H8F3N3O2/c1-4(7(15)16)12-6-3-2-5(13-14-6)8(9,10)11/h2-4H,1H3,(H,12,14)(H,15,16)/t4-/m0/s1. The molecule has 1 atom stereocenters. The number of nitrogens with one attached hydrogen (secondary N) is 1. The first kappa shape index (κ1) is 12.2. The largest absolute Gasteiger partial charge is 0.480 e. The molecule has 1 aromatic heterocycles. The van der Waals surface area contributed by atoms with Gasteiger partial charge >= 0.3 is 12.1 Å². The van der Waals surface area contributed by atoms with E-state index < -0.39 is 23.9 Å². The molecule has 1 aromatic rings. The normalized spacial score (nSPS) is 13.2. The smallest absolute Gasteiger partial charge is 0.435 e. The highest BCUT2D eigenvalue weighted by atomic mass is 19.4. The Bertz CT molecular complexity index is 377. The summed E-state index contributed by atoms with van der Waals surface area (Å²) in [6.07, 6.45) is -4.55. The molecule has 0 aromatic carbocycles. The van der Waals surface area contributed by atoms with Gasteiger partial charge in [-0.1, -0.05) is 0 Å². The minimum atomic E-state index is -4.55. The minimum Gasteiger partial charge on any atom is -0.480 e. The molecule has 0 amide bonds. The molecule has 0 fully saturated rings. The van der Waals surface area contributed by atoms with Gasteiger partial charge in [-0.2, -0.15) is 13.2 Å². The van der Waals surface area contributed by atoms with Crippen LogP contribution in [0.3, 0.4) is 0 Å². The third-order valence-corrected chi connectivity index (χ3v) is 1.69. The molecule has 2 N–H and O–H groups in total. The van der Waals surface area contributed by atoms with Crippen LogP contribution >= 0.6 is 0 Å². The molecule has 0 radical (unpaired) electrons. The quantitative estimate of drug-likeness (QED) is 0.827. The first-order valence-corrected chi connectivity index (χ1v) is 4.21. The van der Waals surface area contributed by atoms with Crippen molar-refractivity contribution in [2.45, 2.75) is 19.1 Å². The predicted molar refractivity (Wildman–Crippen MR) is 47.8 cm³/mol. The van der Waals surface area contributed by atoms with Crippen molar-refractivity contribution < 1.29 is 23.1 Å². The minimum absolute atomic E-state index is 0.0251. The molecule has 88 valence electrons. The zero-order valence-electron chi connectivity index (χ0n) is 8.12. The second kappa shape index (κ2) is 4.33. The Morgan fingerprint density at radius 2 is 2.06 bits per heavy atom. The lowest BCUT2D eigenvalue weighted by atomic mass is 10.3. The molecule has 5 nitrogen and oxygen atoms in total. The van der Waals surface area contributed by atoms with Crippen LogP contribution in [-0.4, -0.2) is 27.3 Å². The van der Waals surface area contributed by atoms with Crippen LogP contribution in [0.5, 0.6) is 0 Å². The van der Waals surface area contributed by atoms with Crippen LogP contribution in [0.4, 0.5) is 19.0 Å². The van der Waals surface area contributed by atoms with Crippen LogP contribution in [-0.2, 0) is 11.0 Å². The molecular formula is C8H8F3N3O2. The summed E-state index contributed by atoms with van der Waals surface area (Å²) in [4.78, 5) is 10.4. The Kier molecular flexibility index (Phi) is 3.31. The molecule has 0 aliphatic rings. The molecule has 8 heteroatoms. The van der Waals surface area contributed by atoms with Crippen LogP contribution in [0.1, 0.15) is 12.6 Å². The molecule has 0 aliphatic carbocycles. The summed E-state index contributed by atoms with van der Waals surface area (Å²) in [5.41, 5.74) is -1.12. The van der Waals surface area contributed by atoms with Gasteiger partial charge in [-0.05, 0) is 19.1 Å². The number of hydrogen-bond donors (Lipinski definition) is 2. The van der Waals surface area contributed by atoms with E-state index in [-0.39, 0.29) is 5.82 Å². The Morgan fingerprint density at radius 1 is 1.44 bits per heavy atom. The van der Waals surface area contributed by atoms with Crippen LogP contribution < -0.4 is 5.32 Å². The molecule has 0 saturated carbocycles. The number of aliphatic carboxylic acids is 1. The van der Waals surface area contributed by atoms with Crippen molar-refractivity contribution in [2.75, 3.05) is 5.32 Å². The molecule has 0 spiro atoms. The number of alkyl halides is 3. The fourth-order valence-corrected chi connectivity index (χ4v) is 0.844. The average Bonchev–Trinajstić information content (AvgIpc) is 2.17. The van der Waals surface area contributed by atoms with E-state index in [4.69, 9.17) is 5.11 Å². The van der Waals surface area contributed by atoms with E-state index in [9.17, 15) is 18.0 Å². The molecule has 16 heavy (non-hydrogen) atoms. The molecular weight excluding hydrogens is 227 g/mol. The summed E-state index contributed by atoms with van der Waals surface area (Å²) in [6.45, 7) is 1.34. The van der Waals surface area contributed by atoms with E-state index in [1.54, 1.807) is 0 Å². The molecule has 1 rings (SSSR count). The summed E-state index contributed by atoms with van der Waals surface area (Å²) in [6, 6.07) is 0.796. The molecule has 0 unspecified atom stereocenters. The van der Waals surface area contributed by atoms with Crippen molar-refractivity contribution in [1.29, 1.82) is 0 Å². The fraction of sp³-hybridized carbons (Fsp3) is 0.375. The SMILES string of the molecule is C[C@H](Nc1ccc(C(F)(F)F)nn1)C(=O)O. The molecule has 0 bridgehead atoms. The number of halogens is 3. The fourth-order valence-electron chi connectivity index (χ4n) is 0.844. The number of hydrogen-bond acceptors (Lipinski definition) is 4. The van der Waals surface area contributed by atoms with Gasteiger partial charge in [0.05, 0.1) is 0 Å². The Hall–Kier alpha value is -1.86. The predicted octanol–water partition coefficient (Wildman–Crippen LogP) is 1.38. The third kappa shape index (κ3) is 3.07. The molecule has 1 heterocycles. The lowest BCUT2D eigenvalue weighted by Gasteiger charge is -2.10. The van der Waals surface area contributed by atoms with Gasteiger partial charge in [0.1, 0.15) is 11.9 Å². The van der Waals surface area contributed by atoms with Crippen molar-refractivity contribution in [2.24, 2.45) is 0 Å². The number of aromatic nitrogens is 2. The average molecular weight is 235 g/mol. The Balaban J connectivity index is 2.76. The van der Waals surface area contributed by atoms with Crippen LogP contribution in [0.25, 0.3) is 0 Å². The number of nitrogens with zero attached hydrogens (tertiary/aromatic N) is 2. The van der Waals surface area contributed by atoms with Gasteiger partial charge in [0.2, 0.25) is 0 Å². The van der Waals surface area contributed by atoms with E-state index >= 15 is 0 Å². The second-order valence-corrected chi connectivity index (χ2v) is 3.01. The number of carbonyl (C=O) groups is 1. The van der Waals surface area contributed by atoms with E-state index in [0.29, 0.717) is 0 Å². The lowest BCUT2D eigenvalue weighted by Crippen LogP contribution is -2.26. The first-order valence-electron chi connectivity index (χ1n) is 4.21.